The Morgan fingerprint density at radius 2 is 1.97 bits per heavy atom. The van der Waals surface area contributed by atoms with Crippen LogP contribution in [0.1, 0.15) is 17.0 Å². The average molecular weight is 394 g/mol. The van der Waals surface area contributed by atoms with Gasteiger partial charge < -0.3 is 15.1 Å². The van der Waals surface area contributed by atoms with Crippen molar-refractivity contribution in [1.82, 2.24) is 30.5 Å². The van der Waals surface area contributed by atoms with E-state index in [1.54, 1.807) is 4.68 Å². The standard InChI is InChI=1S/C21H26N6O2/c1-16-2-4-17(5-3-16)20-7-6-19(29-20)12-23-21(28)15-27-14-18(24-25-27)13-26-10-8-22-9-11-26/h2-7,14,22H,8-13,15H2,1H3,(H,23,28). The Morgan fingerprint density at radius 3 is 2.76 bits per heavy atom. The zero-order chi connectivity index (χ0) is 20.1. The molecule has 2 aromatic heterocycles. The van der Waals surface area contributed by atoms with Crippen LogP contribution in [-0.2, 0) is 24.4 Å². The summed E-state index contributed by atoms with van der Waals surface area (Å²) >= 11 is 0. The number of rotatable bonds is 7. The second kappa shape index (κ2) is 9.02. The van der Waals surface area contributed by atoms with Crippen LogP contribution in [0, 0.1) is 6.92 Å². The highest BCUT2D eigenvalue weighted by molar-refractivity contribution is 5.75. The van der Waals surface area contributed by atoms with Gasteiger partial charge in [-0.1, -0.05) is 35.0 Å². The highest BCUT2D eigenvalue weighted by Gasteiger charge is 2.13. The van der Waals surface area contributed by atoms with Crippen LogP contribution in [0.15, 0.2) is 47.0 Å². The van der Waals surface area contributed by atoms with E-state index in [4.69, 9.17) is 4.42 Å². The van der Waals surface area contributed by atoms with Gasteiger partial charge in [-0.15, -0.1) is 5.10 Å². The van der Waals surface area contributed by atoms with Gasteiger partial charge in [0.05, 0.1) is 18.4 Å². The fourth-order valence-corrected chi connectivity index (χ4v) is 3.32. The number of hydrogen-bond donors (Lipinski definition) is 2. The Labute approximate surface area is 169 Å². The minimum absolute atomic E-state index is 0.128. The first-order valence-electron chi connectivity index (χ1n) is 9.90. The quantitative estimate of drug-likeness (QED) is 0.632. The Balaban J connectivity index is 1.25. The Morgan fingerprint density at radius 1 is 1.17 bits per heavy atom. The number of hydrogen-bond acceptors (Lipinski definition) is 6. The van der Waals surface area contributed by atoms with Gasteiger partial charge in [-0.3, -0.25) is 9.69 Å². The maximum Gasteiger partial charge on any atom is 0.242 e. The van der Waals surface area contributed by atoms with Gasteiger partial charge in [0, 0.05) is 38.3 Å². The number of piperazine rings is 1. The van der Waals surface area contributed by atoms with Gasteiger partial charge in [-0.05, 0) is 19.1 Å². The summed E-state index contributed by atoms with van der Waals surface area (Å²) < 4.78 is 7.41. The van der Waals surface area contributed by atoms with Crippen LogP contribution in [0.4, 0.5) is 0 Å². The van der Waals surface area contributed by atoms with Crippen molar-refractivity contribution in [3.05, 3.63) is 59.6 Å². The number of carbonyl (C=O) groups excluding carboxylic acids is 1. The third-order valence-corrected chi connectivity index (χ3v) is 4.94. The summed E-state index contributed by atoms with van der Waals surface area (Å²) in [4.78, 5) is 14.6. The highest BCUT2D eigenvalue weighted by atomic mass is 16.3. The predicted molar refractivity (Wildman–Crippen MR) is 109 cm³/mol. The molecule has 3 aromatic rings. The molecule has 1 aromatic carbocycles. The summed E-state index contributed by atoms with van der Waals surface area (Å²) in [5.41, 5.74) is 3.11. The number of aromatic nitrogens is 3. The molecule has 1 amide bonds. The molecule has 0 atom stereocenters. The van der Waals surface area contributed by atoms with E-state index in [2.05, 4.69) is 32.8 Å². The van der Waals surface area contributed by atoms with Crippen LogP contribution < -0.4 is 10.6 Å². The van der Waals surface area contributed by atoms with Crippen LogP contribution in [0.2, 0.25) is 0 Å². The van der Waals surface area contributed by atoms with Gasteiger partial charge in [0.15, 0.2) is 0 Å². The molecule has 0 bridgehead atoms. The van der Waals surface area contributed by atoms with Crippen molar-refractivity contribution in [3.8, 4) is 11.3 Å². The molecule has 1 fully saturated rings. The molecule has 0 spiro atoms. The van der Waals surface area contributed by atoms with Gasteiger partial charge in [0.2, 0.25) is 5.91 Å². The van der Waals surface area contributed by atoms with Crippen molar-refractivity contribution < 1.29 is 9.21 Å². The number of aryl methyl sites for hydroxylation is 1. The van der Waals surface area contributed by atoms with E-state index in [-0.39, 0.29) is 12.5 Å². The van der Waals surface area contributed by atoms with E-state index >= 15 is 0 Å². The topological polar surface area (TPSA) is 88.2 Å². The second-order valence-corrected chi connectivity index (χ2v) is 7.34. The van der Waals surface area contributed by atoms with Gasteiger partial charge in [-0.25, -0.2) is 4.68 Å². The zero-order valence-electron chi connectivity index (χ0n) is 16.6. The first-order valence-corrected chi connectivity index (χ1v) is 9.90. The smallest absolute Gasteiger partial charge is 0.242 e. The van der Waals surface area contributed by atoms with Crippen molar-refractivity contribution >= 4 is 5.91 Å². The molecular weight excluding hydrogens is 368 g/mol. The molecule has 1 saturated heterocycles. The second-order valence-electron chi connectivity index (χ2n) is 7.34. The Hall–Kier alpha value is -2.97. The summed E-state index contributed by atoms with van der Waals surface area (Å²) in [5.74, 6) is 1.38. The van der Waals surface area contributed by atoms with Crippen LogP contribution >= 0.6 is 0 Å². The summed E-state index contributed by atoms with van der Waals surface area (Å²) in [7, 11) is 0. The SMILES string of the molecule is Cc1ccc(-c2ccc(CNC(=O)Cn3cc(CN4CCNCC4)nn3)o2)cc1. The molecule has 0 aliphatic carbocycles. The minimum Gasteiger partial charge on any atom is -0.459 e. The highest BCUT2D eigenvalue weighted by Crippen LogP contribution is 2.22. The molecule has 0 radical (unpaired) electrons. The molecule has 0 saturated carbocycles. The number of furan rings is 1. The molecule has 1 aliphatic heterocycles. The fraction of sp³-hybridized carbons (Fsp3) is 0.381. The summed E-state index contributed by atoms with van der Waals surface area (Å²) in [6.07, 6.45) is 1.84. The molecule has 3 heterocycles. The molecule has 8 heteroatoms. The molecular formula is C21H26N6O2. The maximum atomic E-state index is 12.2. The lowest BCUT2D eigenvalue weighted by molar-refractivity contribution is -0.122. The monoisotopic (exact) mass is 394 g/mol. The molecule has 4 rings (SSSR count). The van der Waals surface area contributed by atoms with Crippen molar-refractivity contribution in [1.29, 1.82) is 0 Å². The van der Waals surface area contributed by atoms with Crippen molar-refractivity contribution in [3.63, 3.8) is 0 Å². The third kappa shape index (κ3) is 5.30. The number of nitrogens with zero attached hydrogens (tertiary/aromatic N) is 4. The van der Waals surface area contributed by atoms with Crippen molar-refractivity contribution in [2.75, 3.05) is 26.2 Å². The van der Waals surface area contributed by atoms with Crippen molar-refractivity contribution in [2.45, 2.75) is 26.6 Å². The summed E-state index contributed by atoms with van der Waals surface area (Å²) in [6.45, 7) is 7.28. The lowest BCUT2D eigenvalue weighted by Gasteiger charge is -2.25. The minimum atomic E-state index is -0.128. The number of carbonyl (C=O) groups is 1. The predicted octanol–water partition coefficient (Wildman–Crippen LogP) is 1.57. The first kappa shape index (κ1) is 19.4. The molecule has 152 valence electrons. The third-order valence-electron chi connectivity index (χ3n) is 4.94. The molecule has 1 aliphatic rings. The van der Waals surface area contributed by atoms with Crippen LogP contribution in [0.5, 0.6) is 0 Å². The first-order chi connectivity index (χ1) is 14.2. The van der Waals surface area contributed by atoms with E-state index in [1.807, 2.05) is 42.6 Å². The maximum absolute atomic E-state index is 12.2. The summed E-state index contributed by atoms with van der Waals surface area (Å²) in [5, 5.41) is 14.4. The van der Waals surface area contributed by atoms with Gasteiger partial charge in [0.25, 0.3) is 0 Å². The normalized spacial score (nSPS) is 14.8. The van der Waals surface area contributed by atoms with Crippen LogP contribution in [0.25, 0.3) is 11.3 Å². The van der Waals surface area contributed by atoms with E-state index < -0.39 is 0 Å². The molecule has 29 heavy (non-hydrogen) atoms. The van der Waals surface area contributed by atoms with E-state index in [0.717, 1.165) is 49.7 Å². The molecule has 0 unspecified atom stereocenters. The van der Waals surface area contributed by atoms with Crippen LogP contribution in [0.3, 0.4) is 0 Å². The number of amides is 1. The number of nitrogens with one attached hydrogen (secondary N) is 2. The van der Waals surface area contributed by atoms with Gasteiger partial charge >= 0.3 is 0 Å². The zero-order valence-corrected chi connectivity index (χ0v) is 16.6. The van der Waals surface area contributed by atoms with Gasteiger partial charge in [-0.2, -0.15) is 0 Å². The van der Waals surface area contributed by atoms with E-state index in [1.165, 1.54) is 5.56 Å². The van der Waals surface area contributed by atoms with E-state index in [0.29, 0.717) is 12.3 Å². The van der Waals surface area contributed by atoms with Crippen LogP contribution in [-0.4, -0.2) is 52.0 Å². The average Bonchev–Trinajstić information content (AvgIpc) is 3.37. The molecule has 8 nitrogen and oxygen atoms in total. The van der Waals surface area contributed by atoms with Gasteiger partial charge in [0.1, 0.15) is 18.1 Å². The summed E-state index contributed by atoms with van der Waals surface area (Å²) in [6, 6.07) is 12.0. The Kier molecular flexibility index (Phi) is 6.02. The lowest BCUT2D eigenvalue weighted by Crippen LogP contribution is -2.42. The van der Waals surface area contributed by atoms with Crippen molar-refractivity contribution in [2.24, 2.45) is 0 Å². The largest absolute Gasteiger partial charge is 0.459 e. The fourth-order valence-electron chi connectivity index (χ4n) is 3.32. The lowest BCUT2D eigenvalue weighted by atomic mass is 10.1. The Bertz CT molecular complexity index is 940. The van der Waals surface area contributed by atoms with E-state index in [9.17, 15) is 4.79 Å². The molecule has 2 N–H and O–H groups in total. The number of benzene rings is 1.